The molecule has 0 spiro atoms. The molecule has 0 amide bonds. The SMILES string of the molecule is COC(=O)/C=C/c1cc(Cl)ccc1S(=O)c1ccccn1. The van der Waals surface area contributed by atoms with Crippen molar-refractivity contribution in [1.82, 2.24) is 4.98 Å². The second-order valence-electron chi connectivity index (χ2n) is 3.98. The van der Waals surface area contributed by atoms with Gasteiger partial charge < -0.3 is 4.74 Å². The molecule has 1 heterocycles. The van der Waals surface area contributed by atoms with Crippen molar-refractivity contribution in [2.24, 2.45) is 0 Å². The molecule has 0 N–H and O–H groups in total. The maximum Gasteiger partial charge on any atom is 0.330 e. The zero-order chi connectivity index (χ0) is 15.2. The summed E-state index contributed by atoms with van der Waals surface area (Å²) in [6, 6.07) is 10.1. The van der Waals surface area contributed by atoms with E-state index in [4.69, 9.17) is 11.6 Å². The topological polar surface area (TPSA) is 56.3 Å². The molecule has 108 valence electrons. The summed E-state index contributed by atoms with van der Waals surface area (Å²) in [4.78, 5) is 15.8. The highest BCUT2D eigenvalue weighted by molar-refractivity contribution is 7.85. The number of esters is 1. The van der Waals surface area contributed by atoms with Crippen LogP contribution in [0.4, 0.5) is 0 Å². The van der Waals surface area contributed by atoms with Gasteiger partial charge in [0.25, 0.3) is 0 Å². The highest BCUT2D eigenvalue weighted by atomic mass is 35.5. The number of methoxy groups -OCH3 is 1. The minimum atomic E-state index is -1.46. The fourth-order valence-electron chi connectivity index (χ4n) is 1.61. The summed E-state index contributed by atoms with van der Waals surface area (Å²) in [5.74, 6) is -0.496. The van der Waals surface area contributed by atoms with Gasteiger partial charge in [-0.1, -0.05) is 17.7 Å². The number of rotatable bonds is 4. The lowest BCUT2D eigenvalue weighted by atomic mass is 10.2. The van der Waals surface area contributed by atoms with Gasteiger partial charge in [0.15, 0.2) is 0 Å². The second-order valence-corrected chi connectivity index (χ2v) is 5.81. The Labute approximate surface area is 129 Å². The molecule has 2 rings (SSSR count). The van der Waals surface area contributed by atoms with Gasteiger partial charge in [-0.3, -0.25) is 0 Å². The van der Waals surface area contributed by atoms with Gasteiger partial charge in [0, 0.05) is 17.3 Å². The summed E-state index contributed by atoms with van der Waals surface area (Å²) in [6.45, 7) is 0. The van der Waals surface area contributed by atoms with Crippen molar-refractivity contribution >= 4 is 34.4 Å². The number of pyridine rings is 1. The van der Waals surface area contributed by atoms with Crippen molar-refractivity contribution in [3.05, 3.63) is 59.3 Å². The van der Waals surface area contributed by atoms with E-state index in [1.807, 2.05) is 0 Å². The monoisotopic (exact) mass is 321 g/mol. The average molecular weight is 322 g/mol. The molecule has 2 aromatic rings. The molecule has 0 saturated carbocycles. The highest BCUT2D eigenvalue weighted by Crippen LogP contribution is 2.23. The van der Waals surface area contributed by atoms with Crippen LogP contribution in [0.3, 0.4) is 0 Å². The van der Waals surface area contributed by atoms with Crippen LogP contribution in [0.25, 0.3) is 6.08 Å². The van der Waals surface area contributed by atoms with Crippen LogP contribution < -0.4 is 0 Å². The minimum Gasteiger partial charge on any atom is -0.466 e. The standard InChI is InChI=1S/C15H12ClNO3S/c1-20-15(18)8-5-11-10-12(16)6-7-13(11)21(19)14-4-2-3-9-17-14/h2-10H,1H3/b8-5+. The molecular weight excluding hydrogens is 310 g/mol. The lowest BCUT2D eigenvalue weighted by molar-refractivity contribution is -0.134. The summed E-state index contributed by atoms with van der Waals surface area (Å²) in [7, 11) is -0.167. The van der Waals surface area contributed by atoms with Gasteiger partial charge in [0.1, 0.15) is 15.8 Å². The molecule has 0 aliphatic rings. The molecular formula is C15H12ClNO3S. The fourth-order valence-corrected chi connectivity index (χ4v) is 2.91. The minimum absolute atomic E-state index is 0.438. The van der Waals surface area contributed by atoms with Crippen LogP contribution >= 0.6 is 11.6 Å². The summed E-state index contributed by atoms with van der Waals surface area (Å²) in [5, 5.41) is 0.925. The van der Waals surface area contributed by atoms with Gasteiger partial charge in [-0.2, -0.15) is 0 Å². The Morgan fingerprint density at radius 2 is 2.14 bits per heavy atom. The Morgan fingerprint density at radius 3 is 2.81 bits per heavy atom. The van der Waals surface area contributed by atoms with Crippen LogP contribution in [0.5, 0.6) is 0 Å². The molecule has 4 nitrogen and oxygen atoms in total. The van der Waals surface area contributed by atoms with Gasteiger partial charge in [-0.05, 0) is 42.0 Å². The maximum absolute atomic E-state index is 12.5. The predicted octanol–water partition coefficient (Wildman–Crippen LogP) is 3.09. The Bertz CT molecular complexity index is 701. The van der Waals surface area contributed by atoms with Crippen LogP contribution in [0.15, 0.2) is 58.6 Å². The number of hydrogen-bond donors (Lipinski definition) is 0. The van der Waals surface area contributed by atoms with E-state index in [1.165, 1.54) is 19.3 Å². The molecule has 0 bridgehead atoms. The van der Waals surface area contributed by atoms with Crippen LogP contribution in [0.2, 0.25) is 5.02 Å². The lowest BCUT2D eigenvalue weighted by Gasteiger charge is -2.06. The van der Waals surface area contributed by atoms with E-state index in [2.05, 4.69) is 9.72 Å². The van der Waals surface area contributed by atoms with Gasteiger partial charge in [0.2, 0.25) is 0 Å². The van der Waals surface area contributed by atoms with Crippen LogP contribution in [0.1, 0.15) is 5.56 Å². The fraction of sp³-hybridized carbons (Fsp3) is 0.0667. The Hall–Kier alpha value is -1.98. The van der Waals surface area contributed by atoms with E-state index in [0.29, 0.717) is 20.5 Å². The smallest absolute Gasteiger partial charge is 0.330 e. The lowest BCUT2D eigenvalue weighted by Crippen LogP contribution is -1.99. The molecule has 1 aromatic carbocycles. The van der Waals surface area contributed by atoms with Crippen molar-refractivity contribution in [3.63, 3.8) is 0 Å². The molecule has 0 radical (unpaired) electrons. The number of benzene rings is 1. The van der Waals surface area contributed by atoms with E-state index in [0.717, 1.165) is 0 Å². The van der Waals surface area contributed by atoms with Crippen LogP contribution in [0, 0.1) is 0 Å². The van der Waals surface area contributed by atoms with E-state index in [-0.39, 0.29) is 0 Å². The van der Waals surface area contributed by atoms with E-state index in [9.17, 15) is 9.00 Å². The molecule has 6 heteroatoms. The zero-order valence-corrected chi connectivity index (χ0v) is 12.7. The molecule has 1 unspecified atom stereocenters. The molecule has 0 aliphatic heterocycles. The summed E-state index contributed by atoms with van der Waals surface area (Å²) < 4.78 is 17.1. The number of halogens is 1. The van der Waals surface area contributed by atoms with E-state index in [1.54, 1.807) is 42.6 Å². The third kappa shape index (κ3) is 4.00. The first kappa shape index (κ1) is 15.4. The number of hydrogen-bond acceptors (Lipinski definition) is 4. The van der Waals surface area contributed by atoms with Gasteiger partial charge in [-0.15, -0.1) is 0 Å². The third-order valence-corrected chi connectivity index (χ3v) is 4.23. The molecule has 1 aromatic heterocycles. The summed E-state index contributed by atoms with van der Waals surface area (Å²) >= 11 is 5.95. The quantitative estimate of drug-likeness (QED) is 0.641. The van der Waals surface area contributed by atoms with Crippen LogP contribution in [-0.4, -0.2) is 22.3 Å². The largest absolute Gasteiger partial charge is 0.466 e. The first-order chi connectivity index (χ1) is 10.1. The first-order valence-electron chi connectivity index (χ1n) is 6.00. The van der Waals surface area contributed by atoms with Crippen LogP contribution in [-0.2, 0) is 20.3 Å². The number of aromatic nitrogens is 1. The molecule has 0 saturated heterocycles. The highest BCUT2D eigenvalue weighted by Gasteiger charge is 2.12. The van der Waals surface area contributed by atoms with Crippen molar-refractivity contribution in [3.8, 4) is 0 Å². The van der Waals surface area contributed by atoms with E-state index >= 15 is 0 Å². The van der Waals surface area contributed by atoms with Gasteiger partial charge in [-0.25, -0.2) is 14.0 Å². The van der Waals surface area contributed by atoms with Crippen molar-refractivity contribution in [2.75, 3.05) is 7.11 Å². The first-order valence-corrected chi connectivity index (χ1v) is 7.53. The number of carbonyl (C=O) groups excluding carboxylic acids is 1. The van der Waals surface area contributed by atoms with Gasteiger partial charge in [0.05, 0.1) is 12.0 Å². The molecule has 1 atom stereocenters. The predicted molar refractivity (Wildman–Crippen MR) is 81.4 cm³/mol. The number of ether oxygens (including phenoxy) is 1. The van der Waals surface area contributed by atoms with Gasteiger partial charge >= 0.3 is 5.97 Å². The maximum atomic E-state index is 12.5. The normalized spacial score (nSPS) is 12.3. The Morgan fingerprint density at radius 1 is 1.33 bits per heavy atom. The third-order valence-electron chi connectivity index (χ3n) is 2.60. The number of nitrogens with zero attached hydrogens (tertiary/aromatic N) is 1. The number of carbonyl (C=O) groups is 1. The molecule has 21 heavy (non-hydrogen) atoms. The second kappa shape index (κ2) is 7.15. The summed E-state index contributed by atoms with van der Waals surface area (Å²) in [5.41, 5.74) is 0.580. The molecule has 0 aliphatic carbocycles. The Balaban J connectivity index is 2.42. The Kier molecular flexibility index (Phi) is 5.25. The average Bonchev–Trinajstić information content (AvgIpc) is 2.53. The van der Waals surface area contributed by atoms with Crippen molar-refractivity contribution in [2.45, 2.75) is 9.92 Å². The van der Waals surface area contributed by atoms with Crippen molar-refractivity contribution < 1.29 is 13.7 Å². The summed E-state index contributed by atoms with van der Waals surface area (Å²) in [6.07, 6.45) is 4.35. The molecule has 0 fully saturated rings. The van der Waals surface area contributed by atoms with Crippen molar-refractivity contribution in [1.29, 1.82) is 0 Å². The zero-order valence-electron chi connectivity index (χ0n) is 11.2. The van der Waals surface area contributed by atoms with E-state index < -0.39 is 16.8 Å².